The zero-order chi connectivity index (χ0) is 24.1. The zero-order valence-electron chi connectivity index (χ0n) is 21.0. The van der Waals surface area contributed by atoms with Crippen LogP contribution in [0.4, 0.5) is 0 Å². The van der Waals surface area contributed by atoms with Crippen molar-refractivity contribution < 1.29 is 23.7 Å². The number of carbonyl (C=O) groups excluding carboxylic acids is 1. The molecular formula is C28H41BrO5. The van der Waals surface area contributed by atoms with Crippen LogP contribution in [0.5, 0.6) is 0 Å². The van der Waals surface area contributed by atoms with Gasteiger partial charge in [0, 0.05) is 48.3 Å². The first-order chi connectivity index (χ1) is 16.4. The van der Waals surface area contributed by atoms with Crippen LogP contribution in [0.1, 0.15) is 85.0 Å². The van der Waals surface area contributed by atoms with Crippen LogP contribution >= 0.6 is 15.9 Å². The van der Waals surface area contributed by atoms with Gasteiger partial charge in [0.15, 0.2) is 12.6 Å². The molecule has 5 nitrogen and oxygen atoms in total. The highest BCUT2D eigenvalue weighted by Crippen LogP contribution is 2.50. The molecule has 2 saturated carbocycles. The van der Waals surface area contributed by atoms with E-state index in [0.29, 0.717) is 30.5 Å². The van der Waals surface area contributed by atoms with Gasteiger partial charge in [-0.25, -0.2) is 0 Å². The molecule has 0 aromatic rings. The summed E-state index contributed by atoms with van der Waals surface area (Å²) >= 11 is 3.93. The van der Waals surface area contributed by atoms with Gasteiger partial charge >= 0.3 is 0 Å². The summed E-state index contributed by atoms with van der Waals surface area (Å²) in [6, 6.07) is 0. The molecule has 2 aliphatic carbocycles. The van der Waals surface area contributed by atoms with Crippen LogP contribution in [-0.4, -0.2) is 43.8 Å². The zero-order valence-corrected chi connectivity index (χ0v) is 22.6. The molecular weight excluding hydrogens is 496 g/mol. The lowest BCUT2D eigenvalue weighted by molar-refractivity contribution is -0.198. The van der Waals surface area contributed by atoms with Crippen molar-refractivity contribution in [3.05, 3.63) is 10.6 Å². The Kier molecular flexibility index (Phi) is 9.32. The quantitative estimate of drug-likeness (QED) is 0.348. The first-order valence-electron chi connectivity index (χ1n) is 13.2. The Hall–Kier alpha value is -0.710. The monoisotopic (exact) mass is 536 g/mol. The summed E-state index contributed by atoms with van der Waals surface area (Å²) < 4.78 is 26.0. The molecule has 4 rings (SSSR count). The van der Waals surface area contributed by atoms with Gasteiger partial charge < -0.3 is 18.9 Å². The average molecular weight is 538 g/mol. The highest BCUT2D eigenvalue weighted by atomic mass is 79.9. The van der Waals surface area contributed by atoms with Crippen molar-refractivity contribution in [1.82, 2.24) is 0 Å². The minimum Gasteiger partial charge on any atom is -0.353 e. The first kappa shape index (κ1) is 26.4. The Bertz CT molecular complexity index is 784. The number of halogens is 1. The number of rotatable bonds is 8. The smallest absolute Gasteiger partial charge is 0.158 e. The molecule has 34 heavy (non-hydrogen) atoms. The summed E-state index contributed by atoms with van der Waals surface area (Å²) in [6.07, 6.45) is 11.2. The standard InChI is InChI=1S/C28H41BrO5/c1-4-5-12-28(2,3)27(34-26-11-7-9-14-32-26)23(29)18-22-21-17-20(30)15-19(21)16-24(22)33-25-10-6-8-13-31-25/h18-19,21-22,24-27H,6-17H2,1-3H3/t19-,21-,22-,24+,25?,26?,27+/m0/s1. The van der Waals surface area contributed by atoms with Crippen molar-refractivity contribution in [3.8, 4) is 11.8 Å². The van der Waals surface area contributed by atoms with E-state index in [1.807, 2.05) is 6.92 Å². The van der Waals surface area contributed by atoms with Crippen LogP contribution in [0, 0.1) is 35.0 Å². The highest BCUT2D eigenvalue weighted by molar-refractivity contribution is 9.11. The van der Waals surface area contributed by atoms with Crippen molar-refractivity contribution in [3.63, 3.8) is 0 Å². The van der Waals surface area contributed by atoms with Gasteiger partial charge in [-0.1, -0.05) is 35.9 Å². The van der Waals surface area contributed by atoms with Crippen LogP contribution in [0.3, 0.4) is 0 Å². The lowest BCUT2D eigenvalue weighted by atomic mass is 9.81. The van der Waals surface area contributed by atoms with Crippen LogP contribution in [0.25, 0.3) is 0 Å². The van der Waals surface area contributed by atoms with Crippen molar-refractivity contribution in [2.45, 2.75) is 110 Å². The third kappa shape index (κ3) is 6.53. The molecule has 2 saturated heterocycles. The van der Waals surface area contributed by atoms with E-state index in [9.17, 15) is 4.79 Å². The van der Waals surface area contributed by atoms with E-state index < -0.39 is 0 Å². The molecule has 2 heterocycles. The van der Waals surface area contributed by atoms with E-state index in [4.69, 9.17) is 18.9 Å². The summed E-state index contributed by atoms with van der Waals surface area (Å²) in [5, 5.41) is 0. The van der Waals surface area contributed by atoms with E-state index >= 15 is 0 Å². The Morgan fingerprint density at radius 1 is 1.15 bits per heavy atom. The topological polar surface area (TPSA) is 54.0 Å². The van der Waals surface area contributed by atoms with Gasteiger partial charge in [0.05, 0.1) is 12.2 Å². The number of hydrogen-bond donors (Lipinski definition) is 0. The third-order valence-electron chi connectivity index (χ3n) is 7.94. The largest absolute Gasteiger partial charge is 0.353 e. The molecule has 0 aromatic carbocycles. The first-order valence-corrected chi connectivity index (χ1v) is 14.0. The summed E-state index contributed by atoms with van der Waals surface area (Å²) in [4.78, 5) is 12.3. The SMILES string of the molecule is CC#CCC(C)(C)[C@H](OC1CCCCO1)C(Br)=C[C@H]1[C@H]2CC(=O)C[C@H]2C[C@H]1OC1CCCCO1. The Morgan fingerprint density at radius 2 is 1.85 bits per heavy atom. The normalized spacial score (nSPS) is 35.5. The van der Waals surface area contributed by atoms with Crippen molar-refractivity contribution in [2.24, 2.45) is 23.2 Å². The van der Waals surface area contributed by atoms with Gasteiger partial charge in [-0.3, -0.25) is 4.79 Å². The second-order valence-corrected chi connectivity index (χ2v) is 12.0. The molecule has 4 aliphatic rings. The molecule has 0 spiro atoms. The lowest BCUT2D eigenvalue weighted by Crippen LogP contribution is -2.38. The van der Waals surface area contributed by atoms with Crippen molar-refractivity contribution in [2.75, 3.05) is 13.2 Å². The fourth-order valence-corrected chi connectivity index (χ4v) is 7.09. The van der Waals surface area contributed by atoms with E-state index in [1.165, 1.54) is 0 Å². The predicted octanol–water partition coefficient (Wildman–Crippen LogP) is 6.14. The molecule has 0 aromatic heterocycles. The van der Waals surface area contributed by atoms with Gasteiger partial charge in [-0.15, -0.1) is 11.8 Å². The average Bonchev–Trinajstić information content (AvgIpc) is 3.33. The Balaban J connectivity index is 1.56. The number of ketones is 1. The summed E-state index contributed by atoms with van der Waals surface area (Å²) in [5.41, 5.74) is -0.203. The van der Waals surface area contributed by atoms with Gasteiger partial charge in [0.2, 0.25) is 0 Å². The van der Waals surface area contributed by atoms with Crippen LogP contribution < -0.4 is 0 Å². The fourth-order valence-electron chi connectivity index (χ4n) is 6.06. The minimum absolute atomic E-state index is 0.0730. The highest BCUT2D eigenvalue weighted by Gasteiger charge is 2.49. The van der Waals surface area contributed by atoms with E-state index in [0.717, 1.165) is 69.1 Å². The maximum atomic E-state index is 12.3. The van der Waals surface area contributed by atoms with E-state index in [-0.39, 0.29) is 36.1 Å². The van der Waals surface area contributed by atoms with Crippen LogP contribution in [-0.2, 0) is 23.7 Å². The number of Topliss-reactive ketones (excluding diaryl/α,β-unsaturated/α-hetero) is 1. The predicted molar refractivity (Wildman–Crippen MR) is 135 cm³/mol. The molecule has 6 heteroatoms. The number of ether oxygens (including phenoxy) is 4. The number of carbonyl (C=O) groups is 1. The molecule has 0 N–H and O–H groups in total. The van der Waals surface area contributed by atoms with Crippen LogP contribution in [0.15, 0.2) is 10.6 Å². The molecule has 190 valence electrons. The molecule has 2 aliphatic heterocycles. The summed E-state index contributed by atoms with van der Waals surface area (Å²) in [6.45, 7) is 7.82. The van der Waals surface area contributed by atoms with Crippen molar-refractivity contribution in [1.29, 1.82) is 0 Å². The van der Waals surface area contributed by atoms with Gasteiger partial charge in [-0.05, 0) is 63.7 Å². The molecule has 0 bridgehead atoms. The third-order valence-corrected chi connectivity index (χ3v) is 8.62. The second-order valence-electron chi connectivity index (χ2n) is 11.1. The van der Waals surface area contributed by atoms with Gasteiger partial charge in [0.1, 0.15) is 5.78 Å². The maximum Gasteiger partial charge on any atom is 0.158 e. The Morgan fingerprint density at radius 3 is 2.50 bits per heavy atom. The molecule has 4 fully saturated rings. The van der Waals surface area contributed by atoms with Gasteiger partial charge in [-0.2, -0.15) is 0 Å². The van der Waals surface area contributed by atoms with Gasteiger partial charge in [0.25, 0.3) is 0 Å². The minimum atomic E-state index is -0.203. The molecule has 7 atom stereocenters. The van der Waals surface area contributed by atoms with Crippen molar-refractivity contribution >= 4 is 21.7 Å². The van der Waals surface area contributed by atoms with Crippen LogP contribution in [0.2, 0.25) is 0 Å². The summed E-state index contributed by atoms with van der Waals surface area (Å²) in [7, 11) is 0. The summed E-state index contributed by atoms with van der Waals surface area (Å²) in [5.74, 6) is 7.59. The number of fused-ring (bicyclic) bond motifs is 1. The molecule has 2 unspecified atom stereocenters. The molecule has 0 radical (unpaired) electrons. The van der Waals surface area contributed by atoms with E-state index in [1.54, 1.807) is 0 Å². The fraction of sp³-hybridized carbons (Fsp3) is 0.821. The maximum absolute atomic E-state index is 12.3. The molecule has 0 amide bonds. The Labute approximate surface area is 213 Å². The second kappa shape index (κ2) is 12.0. The lowest BCUT2D eigenvalue weighted by Gasteiger charge is -2.37. The number of hydrogen-bond acceptors (Lipinski definition) is 5. The van der Waals surface area contributed by atoms with E-state index in [2.05, 4.69) is 47.7 Å².